The highest BCUT2D eigenvalue weighted by Crippen LogP contribution is 2.41. The number of nitrogens with zero attached hydrogens (tertiary/aromatic N) is 2. The molecule has 3 aliphatic rings. The molecule has 6 heteroatoms. The molecular formula is C23H35N3O3. The van der Waals surface area contributed by atoms with Crippen molar-refractivity contribution in [3.8, 4) is 0 Å². The maximum atomic E-state index is 12.7. The quantitative estimate of drug-likeness (QED) is 0.719. The molecule has 3 fully saturated rings. The third-order valence-electron chi connectivity index (χ3n) is 6.85. The van der Waals surface area contributed by atoms with Crippen LogP contribution in [0.25, 0.3) is 0 Å². The highest BCUT2D eigenvalue weighted by Gasteiger charge is 2.42. The molecule has 0 radical (unpaired) electrons. The minimum Gasteiger partial charge on any atom is -0.384 e. The Labute approximate surface area is 174 Å². The number of hydrogen-bond donors (Lipinski definition) is 1. The molecule has 1 amide bonds. The van der Waals surface area contributed by atoms with Gasteiger partial charge in [-0.05, 0) is 24.8 Å². The fraction of sp³-hybridized carbons (Fsp3) is 0.696. The van der Waals surface area contributed by atoms with Gasteiger partial charge in [0.05, 0.1) is 26.4 Å². The number of hydrogen-bond acceptors (Lipinski definition) is 5. The molecule has 4 rings (SSSR count). The van der Waals surface area contributed by atoms with E-state index >= 15 is 0 Å². The second-order valence-electron chi connectivity index (χ2n) is 8.94. The third-order valence-corrected chi connectivity index (χ3v) is 6.85. The summed E-state index contributed by atoms with van der Waals surface area (Å²) in [6.07, 6.45) is 3.23. The van der Waals surface area contributed by atoms with Gasteiger partial charge in [-0.25, -0.2) is 0 Å². The second kappa shape index (κ2) is 9.56. The Morgan fingerprint density at radius 3 is 2.59 bits per heavy atom. The van der Waals surface area contributed by atoms with Gasteiger partial charge in [0.2, 0.25) is 5.91 Å². The smallest absolute Gasteiger partial charge is 0.236 e. The number of piperidine rings is 1. The first-order chi connectivity index (χ1) is 14.2. The van der Waals surface area contributed by atoms with Crippen LogP contribution in [0.2, 0.25) is 0 Å². The molecule has 0 aromatic heterocycles. The molecule has 2 heterocycles. The van der Waals surface area contributed by atoms with Crippen LogP contribution in [0.1, 0.15) is 30.7 Å². The van der Waals surface area contributed by atoms with Gasteiger partial charge in [-0.2, -0.15) is 0 Å². The van der Waals surface area contributed by atoms with Crippen molar-refractivity contribution >= 4 is 5.91 Å². The van der Waals surface area contributed by atoms with Crippen molar-refractivity contribution in [2.75, 3.05) is 66.2 Å². The summed E-state index contributed by atoms with van der Waals surface area (Å²) in [7, 11) is 1.79. The number of rotatable bonds is 8. The number of morpholine rings is 1. The molecule has 1 N–H and O–H groups in total. The number of methoxy groups -OCH3 is 1. The monoisotopic (exact) mass is 401 g/mol. The minimum absolute atomic E-state index is 0.133. The Morgan fingerprint density at radius 2 is 1.90 bits per heavy atom. The number of likely N-dealkylation sites (tertiary alicyclic amines) is 1. The number of amides is 1. The Bertz CT molecular complexity index is 655. The molecular weight excluding hydrogens is 366 g/mol. The summed E-state index contributed by atoms with van der Waals surface area (Å²) in [5.74, 6) is 0.906. The summed E-state index contributed by atoms with van der Waals surface area (Å²) in [6.45, 7) is 7.13. The Hall–Kier alpha value is -1.47. The average Bonchev–Trinajstić information content (AvgIpc) is 3.54. The van der Waals surface area contributed by atoms with E-state index < -0.39 is 0 Å². The van der Waals surface area contributed by atoms with Gasteiger partial charge >= 0.3 is 0 Å². The van der Waals surface area contributed by atoms with Crippen LogP contribution in [-0.2, 0) is 14.3 Å². The zero-order valence-electron chi connectivity index (χ0n) is 17.6. The van der Waals surface area contributed by atoms with E-state index in [0.29, 0.717) is 18.5 Å². The first-order valence-electron chi connectivity index (χ1n) is 11.0. The van der Waals surface area contributed by atoms with Gasteiger partial charge in [-0.15, -0.1) is 0 Å². The predicted octanol–water partition coefficient (Wildman–Crippen LogP) is 1.72. The van der Waals surface area contributed by atoms with E-state index in [1.54, 1.807) is 7.11 Å². The molecule has 2 aliphatic heterocycles. The topological polar surface area (TPSA) is 54.0 Å². The first kappa shape index (κ1) is 20.8. The molecule has 160 valence electrons. The Morgan fingerprint density at radius 1 is 1.17 bits per heavy atom. The van der Waals surface area contributed by atoms with Crippen LogP contribution >= 0.6 is 0 Å². The largest absolute Gasteiger partial charge is 0.384 e. The normalized spacial score (nSPS) is 27.0. The standard InChI is InChI=1S/C23H35N3O3/c1-28-18-23(17-24-21-15-20(21)19-5-3-2-4-6-19)7-9-26(10-8-23)22(27)16-25-11-13-29-14-12-25/h2-6,20-21,24H,7-18H2,1H3/t20-,21+/m0/s1. The van der Waals surface area contributed by atoms with E-state index in [0.717, 1.165) is 65.4 Å². The molecule has 1 aromatic carbocycles. The lowest BCUT2D eigenvalue weighted by atomic mass is 9.78. The van der Waals surface area contributed by atoms with Gasteiger partial charge in [-0.3, -0.25) is 9.69 Å². The van der Waals surface area contributed by atoms with Crippen molar-refractivity contribution < 1.29 is 14.3 Å². The van der Waals surface area contributed by atoms with Crippen LogP contribution in [0.3, 0.4) is 0 Å². The number of carbonyl (C=O) groups excluding carboxylic acids is 1. The molecule has 1 aliphatic carbocycles. The van der Waals surface area contributed by atoms with E-state index in [2.05, 4.69) is 40.5 Å². The number of benzene rings is 1. The molecule has 0 spiro atoms. The highest BCUT2D eigenvalue weighted by molar-refractivity contribution is 5.78. The fourth-order valence-electron chi connectivity index (χ4n) is 4.80. The number of nitrogens with one attached hydrogen (secondary N) is 1. The summed E-state index contributed by atoms with van der Waals surface area (Å²) in [6, 6.07) is 11.4. The van der Waals surface area contributed by atoms with Crippen LogP contribution in [0.4, 0.5) is 0 Å². The van der Waals surface area contributed by atoms with Crippen molar-refractivity contribution in [2.24, 2.45) is 5.41 Å². The number of ether oxygens (including phenoxy) is 2. The lowest BCUT2D eigenvalue weighted by molar-refractivity contribution is -0.136. The van der Waals surface area contributed by atoms with Gasteiger partial charge in [0.25, 0.3) is 0 Å². The lowest BCUT2D eigenvalue weighted by Gasteiger charge is -2.42. The lowest BCUT2D eigenvalue weighted by Crippen LogP contribution is -2.52. The third kappa shape index (κ3) is 5.37. The van der Waals surface area contributed by atoms with Crippen LogP contribution in [0, 0.1) is 5.41 Å². The molecule has 0 unspecified atom stereocenters. The molecule has 6 nitrogen and oxygen atoms in total. The van der Waals surface area contributed by atoms with Crippen molar-refractivity contribution in [1.82, 2.24) is 15.1 Å². The van der Waals surface area contributed by atoms with Crippen LogP contribution < -0.4 is 5.32 Å². The molecule has 29 heavy (non-hydrogen) atoms. The maximum Gasteiger partial charge on any atom is 0.236 e. The van der Waals surface area contributed by atoms with E-state index in [-0.39, 0.29) is 11.3 Å². The fourth-order valence-corrected chi connectivity index (χ4v) is 4.80. The van der Waals surface area contributed by atoms with Gasteiger partial charge in [0.1, 0.15) is 0 Å². The summed E-state index contributed by atoms with van der Waals surface area (Å²) in [4.78, 5) is 17.0. The predicted molar refractivity (Wildman–Crippen MR) is 113 cm³/mol. The minimum atomic E-state index is 0.133. The summed E-state index contributed by atoms with van der Waals surface area (Å²) in [5.41, 5.74) is 1.57. The molecule has 1 aromatic rings. The molecule has 2 saturated heterocycles. The molecule has 1 saturated carbocycles. The summed E-state index contributed by atoms with van der Waals surface area (Å²) < 4.78 is 11.0. The Kier molecular flexibility index (Phi) is 6.85. The molecule has 2 atom stereocenters. The zero-order valence-corrected chi connectivity index (χ0v) is 17.6. The number of carbonyl (C=O) groups is 1. The first-order valence-corrected chi connectivity index (χ1v) is 11.0. The van der Waals surface area contributed by atoms with Gasteiger partial charge in [0.15, 0.2) is 0 Å². The van der Waals surface area contributed by atoms with Crippen LogP contribution in [-0.4, -0.2) is 87.9 Å². The summed E-state index contributed by atoms with van der Waals surface area (Å²) in [5, 5.41) is 3.80. The second-order valence-corrected chi connectivity index (χ2v) is 8.94. The van der Waals surface area contributed by atoms with E-state index in [9.17, 15) is 4.79 Å². The zero-order chi connectivity index (χ0) is 20.1. The highest BCUT2D eigenvalue weighted by atomic mass is 16.5. The van der Waals surface area contributed by atoms with Gasteiger partial charge in [0, 0.05) is 57.2 Å². The van der Waals surface area contributed by atoms with Crippen molar-refractivity contribution in [3.05, 3.63) is 35.9 Å². The van der Waals surface area contributed by atoms with Crippen molar-refractivity contribution in [3.63, 3.8) is 0 Å². The molecule has 0 bridgehead atoms. The van der Waals surface area contributed by atoms with Crippen LogP contribution in [0.15, 0.2) is 30.3 Å². The van der Waals surface area contributed by atoms with Crippen LogP contribution in [0.5, 0.6) is 0 Å². The van der Waals surface area contributed by atoms with Crippen molar-refractivity contribution in [2.45, 2.75) is 31.2 Å². The van der Waals surface area contributed by atoms with Crippen molar-refractivity contribution in [1.29, 1.82) is 0 Å². The van der Waals surface area contributed by atoms with Gasteiger partial charge < -0.3 is 19.7 Å². The van der Waals surface area contributed by atoms with Gasteiger partial charge in [-0.1, -0.05) is 30.3 Å². The SMILES string of the molecule is COCC1(CN[C@@H]2C[C@H]2c2ccccc2)CCN(C(=O)CN2CCOCC2)CC1. The van der Waals surface area contributed by atoms with E-state index in [4.69, 9.17) is 9.47 Å². The maximum absolute atomic E-state index is 12.7. The van der Waals surface area contributed by atoms with E-state index in [1.807, 2.05) is 4.90 Å². The Balaban J connectivity index is 1.25. The average molecular weight is 402 g/mol. The summed E-state index contributed by atoms with van der Waals surface area (Å²) >= 11 is 0. The van der Waals surface area contributed by atoms with E-state index in [1.165, 1.54) is 12.0 Å².